The lowest BCUT2D eigenvalue weighted by Gasteiger charge is -1.81. The molecule has 0 spiro atoms. The maximum atomic E-state index is 10.0. The molecule has 0 aliphatic heterocycles. The predicted molar refractivity (Wildman–Crippen MR) is 69.1 cm³/mol. The highest BCUT2D eigenvalue weighted by molar-refractivity contribution is 5.74. The van der Waals surface area contributed by atoms with Crippen LogP contribution in [0.5, 0.6) is 0 Å². The minimum Gasteiger partial charge on any atom is -0.303 e. The van der Waals surface area contributed by atoms with Crippen LogP contribution in [0.4, 0.5) is 0 Å². The molecule has 0 saturated carbocycles. The van der Waals surface area contributed by atoms with Crippen LogP contribution in [0.15, 0.2) is 30.3 Å². The number of rotatable bonds is 3. The van der Waals surface area contributed by atoms with Crippen LogP contribution in [0.2, 0.25) is 0 Å². The van der Waals surface area contributed by atoms with Gasteiger partial charge in [-0.05, 0) is 0 Å². The van der Waals surface area contributed by atoms with E-state index in [2.05, 4.69) is 0 Å². The Kier molecular flexibility index (Phi) is 14.7. The van der Waals surface area contributed by atoms with Crippen molar-refractivity contribution in [2.45, 2.75) is 27.2 Å². The molecule has 1 aromatic rings. The molecule has 3 nitrogen and oxygen atoms in total. The number of carbonyl (C=O) groups excluding carboxylic acids is 3. The fraction of sp³-hybridized carbons (Fsp3) is 0.357. The Balaban J connectivity index is 0. The van der Waals surface area contributed by atoms with Gasteiger partial charge in [-0.25, -0.2) is 0 Å². The van der Waals surface area contributed by atoms with Gasteiger partial charge in [0.05, 0.1) is 0 Å². The van der Waals surface area contributed by atoms with Gasteiger partial charge < -0.3 is 9.59 Å². The van der Waals surface area contributed by atoms with E-state index in [0.29, 0.717) is 6.42 Å². The van der Waals surface area contributed by atoms with Crippen molar-refractivity contribution in [2.75, 3.05) is 0 Å². The Morgan fingerprint density at radius 1 is 1.06 bits per heavy atom. The van der Waals surface area contributed by atoms with Gasteiger partial charge in [0, 0.05) is 17.9 Å². The van der Waals surface area contributed by atoms with E-state index in [0.717, 1.165) is 24.4 Å². The summed E-state index contributed by atoms with van der Waals surface area (Å²) in [6.45, 7) is 5.52. The average molecular weight is 236 g/mol. The van der Waals surface area contributed by atoms with Gasteiger partial charge in [0.15, 0.2) is 0 Å². The van der Waals surface area contributed by atoms with Gasteiger partial charge >= 0.3 is 0 Å². The van der Waals surface area contributed by atoms with Crippen LogP contribution in [0.1, 0.15) is 37.6 Å². The first-order valence-corrected chi connectivity index (χ1v) is 5.51. The van der Waals surface area contributed by atoms with Gasteiger partial charge in [0.1, 0.15) is 18.9 Å². The van der Waals surface area contributed by atoms with Crippen molar-refractivity contribution in [1.29, 1.82) is 0 Å². The van der Waals surface area contributed by atoms with E-state index in [9.17, 15) is 14.4 Å². The number of hydrogen-bond acceptors (Lipinski definition) is 3. The fourth-order valence-corrected chi connectivity index (χ4v) is 0.532. The standard InChI is InChI=1S/C7H6O.C4H8O.C3H6O/c8-6-7-4-2-1-3-5-7;1-4(2)3-5;1-2-3-4/h1-6H;3-4H,1-2H3;3H,2H2,1H3. The fourth-order valence-electron chi connectivity index (χ4n) is 0.532. The van der Waals surface area contributed by atoms with Crippen LogP contribution in [-0.2, 0) is 9.59 Å². The highest BCUT2D eigenvalue weighted by Crippen LogP contribution is 1.91. The molecule has 0 bridgehead atoms. The second-order valence-corrected chi connectivity index (χ2v) is 3.48. The van der Waals surface area contributed by atoms with Crippen LogP contribution in [0.3, 0.4) is 0 Å². The molecule has 0 aromatic heterocycles. The smallest absolute Gasteiger partial charge is 0.150 e. The van der Waals surface area contributed by atoms with Gasteiger partial charge in [0.2, 0.25) is 0 Å². The van der Waals surface area contributed by atoms with E-state index >= 15 is 0 Å². The molecule has 0 fully saturated rings. The highest BCUT2D eigenvalue weighted by atomic mass is 16.1. The minimum absolute atomic E-state index is 0.204. The lowest BCUT2D eigenvalue weighted by molar-refractivity contribution is -0.110. The molecule has 1 rings (SSSR count). The number of carbonyl (C=O) groups is 3. The van der Waals surface area contributed by atoms with Crippen molar-refractivity contribution in [3.8, 4) is 0 Å². The summed E-state index contributed by atoms with van der Waals surface area (Å²) in [7, 11) is 0. The lowest BCUT2D eigenvalue weighted by atomic mass is 10.2. The van der Waals surface area contributed by atoms with E-state index in [-0.39, 0.29) is 5.92 Å². The summed E-state index contributed by atoms with van der Waals surface area (Å²) in [5.74, 6) is 0.204. The average Bonchev–Trinajstić information content (AvgIpc) is 2.40. The third-order valence-corrected chi connectivity index (χ3v) is 1.37. The van der Waals surface area contributed by atoms with Crippen molar-refractivity contribution in [3.63, 3.8) is 0 Å². The molecule has 0 atom stereocenters. The molecule has 0 saturated heterocycles. The molecular weight excluding hydrogens is 216 g/mol. The second kappa shape index (κ2) is 14.2. The summed E-state index contributed by atoms with van der Waals surface area (Å²) in [5.41, 5.74) is 0.729. The third-order valence-electron chi connectivity index (χ3n) is 1.37. The molecule has 0 radical (unpaired) electrons. The topological polar surface area (TPSA) is 51.2 Å². The van der Waals surface area contributed by atoms with E-state index in [4.69, 9.17) is 0 Å². The Labute approximate surface area is 103 Å². The van der Waals surface area contributed by atoms with E-state index < -0.39 is 0 Å². The van der Waals surface area contributed by atoms with E-state index in [1.165, 1.54) is 0 Å². The predicted octanol–water partition coefficient (Wildman–Crippen LogP) is 2.94. The summed E-state index contributed by atoms with van der Waals surface area (Å²) in [6.07, 6.45) is 3.26. The Hall–Kier alpha value is -1.77. The Morgan fingerprint density at radius 2 is 1.47 bits per heavy atom. The molecule has 3 heteroatoms. The second-order valence-electron chi connectivity index (χ2n) is 3.48. The van der Waals surface area contributed by atoms with Crippen molar-refractivity contribution in [1.82, 2.24) is 0 Å². The molecule has 0 amide bonds. The summed E-state index contributed by atoms with van der Waals surface area (Å²) in [6, 6.07) is 9.10. The zero-order valence-electron chi connectivity index (χ0n) is 10.6. The van der Waals surface area contributed by atoms with E-state index in [1.807, 2.05) is 39.0 Å². The first-order chi connectivity index (χ1) is 8.12. The summed E-state index contributed by atoms with van der Waals surface area (Å²) in [5, 5.41) is 0. The van der Waals surface area contributed by atoms with Crippen LogP contribution in [-0.4, -0.2) is 18.9 Å². The van der Waals surface area contributed by atoms with Gasteiger partial charge in [-0.1, -0.05) is 51.1 Å². The summed E-state index contributed by atoms with van der Waals surface area (Å²) >= 11 is 0. The van der Waals surface area contributed by atoms with Gasteiger partial charge in [0.25, 0.3) is 0 Å². The highest BCUT2D eigenvalue weighted by Gasteiger charge is 1.80. The first-order valence-electron chi connectivity index (χ1n) is 5.51. The zero-order chi connectivity index (χ0) is 13.5. The molecule has 94 valence electrons. The third kappa shape index (κ3) is 16.9. The zero-order valence-corrected chi connectivity index (χ0v) is 10.6. The minimum atomic E-state index is 0.204. The van der Waals surface area contributed by atoms with Crippen molar-refractivity contribution in [3.05, 3.63) is 35.9 Å². The number of benzene rings is 1. The quantitative estimate of drug-likeness (QED) is 0.758. The summed E-state index contributed by atoms with van der Waals surface area (Å²) < 4.78 is 0. The Bertz CT molecular complexity index is 292. The maximum Gasteiger partial charge on any atom is 0.150 e. The molecule has 0 aliphatic carbocycles. The molecule has 0 aliphatic rings. The van der Waals surface area contributed by atoms with Crippen molar-refractivity contribution >= 4 is 18.9 Å². The van der Waals surface area contributed by atoms with Gasteiger partial charge in [-0.15, -0.1) is 0 Å². The van der Waals surface area contributed by atoms with Crippen LogP contribution in [0, 0.1) is 5.92 Å². The van der Waals surface area contributed by atoms with E-state index in [1.54, 1.807) is 12.1 Å². The largest absolute Gasteiger partial charge is 0.303 e. The SMILES string of the molecule is CC(C)C=O.CCC=O.O=Cc1ccccc1. The van der Waals surface area contributed by atoms with Crippen LogP contribution < -0.4 is 0 Å². The molecular formula is C14H20O3. The Morgan fingerprint density at radius 3 is 1.65 bits per heavy atom. The lowest BCUT2D eigenvalue weighted by Crippen LogP contribution is -1.82. The van der Waals surface area contributed by atoms with Crippen molar-refractivity contribution in [2.24, 2.45) is 5.92 Å². The number of hydrogen-bond donors (Lipinski definition) is 0. The molecule has 0 heterocycles. The van der Waals surface area contributed by atoms with Crippen molar-refractivity contribution < 1.29 is 14.4 Å². The maximum absolute atomic E-state index is 10.0. The molecule has 1 aromatic carbocycles. The van der Waals surface area contributed by atoms with Gasteiger partial charge in [-0.3, -0.25) is 4.79 Å². The van der Waals surface area contributed by atoms with Gasteiger partial charge in [-0.2, -0.15) is 0 Å². The number of aldehydes is 3. The summed E-state index contributed by atoms with van der Waals surface area (Å²) in [4.78, 5) is 28.7. The molecule has 0 N–H and O–H groups in total. The monoisotopic (exact) mass is 236 g/mol. The van der Waals surface area contributed by atoms with Crippen LogP contribution in [0.25, 0.3) is 0 Å². The molecule has 17 heavy (non-hydrogen) atoms. The van der Waals surface area contributed by atoms with Crippen LogP contribution >= 0.6 is 0 Å². The molecule has 0 unspecified atom stereocenters. The first kappa shape index (κ1) is 17.6. The normalized spacial score (nSPS) is 8.00.